The van der Waals surface area contributed by atoms with Gasteiger partial charge in [-0.25, -0.2) is 4.39 Å². The largest absolute Gasteiger partial charge is 0.322 e. The molecule has 0 saturated carbocycles. The van der Waals surface area contributed by atoms with E-state index in [0.29, 0.717) is 10.2 Å². The molecule has 0 heterocycles. The van der Waals surface area contributed by atoms with Crippen LogP contribution in [0.1, 0.15) is 15.9 Å². The van der Waals surface area contributed by atoms with Gasteiger partial charge in [0, 0.05) is 5.69 Å². The van der Waals surface area contributed by atoms with Gasteiger partial charge in [-0.3, -0.25) is 4.79 Å². The highest BCUT2D eigenvalue weighted by molar-refractivity contribution is 9.10. The third-order valence-corrected chi connectivity index (χ3v) is 3.94. The van der Waals surface area contributed by atoms with Crippen LogP contribution in [0.3, 0.4) is 0 Å². The molecule has 0 spiro atoms. The highest BCUT2D eigenvalue weighted by atomic mass is 79.9. The number of amides is 1. The van der Waals surface area contributed by atoms with Crippen LogP contribution < -0.4 is 5.32 Å². The molecule has 6 heteroatoms. The SMILES string of the molecule is Cc1cc(Br)c(F)cc1NC(=O)c1c(Cl)cccc1Cl. The Labute approximate surface area is 134 Å². The van der Waals surface area contributed by atoms with Crippen molar-refractivity contribution in [3.8, 4) is 0 Å². The van der Waals surface area contributed by atoms with Crippen LogP contribution in [0, 0.1) is 12.7 Å². The summed E-state index contributed by atoms with van der Waals surface area (Å²) in [5.74, 6) is -0.943. The third kappa shape index (κ3) is 3.14. The predicted molar refractivity (Wildman–Crippen MR) is 83.3 cm³/mol. The molecule has 20 heavy (non-hydrogen) atoms. The minimum atomic E-state index is -0.481. The molecule has 2 rings (SSSR count). The summed E-state index contributed by atoms with van der Waals surface area (Å²) in [6.45, 7) is 1.76. The number of hydrogen-bond acceptors (Lipinski definition) is 1. The van der Waals surface area contributed by atoms with Crippen molar-refractivity contribution in [1.82, 2.24) is 0 Å². The van der Waals surface area contributed by atoms with Gasteiger partial charge in [-0.15, -0.1) is 0 Å². The molecule has 0 bridgehead atoms. The summed E-state index contributed by atoms with van der Waals surface area (Å²) in [7, 11) is 0. The van der Waals surface area contributed by atoms with Crippen LogP contribution in [0.15, 0.2) is 34.8 Å². The van der Waals surface area contributed by atoms with Gasteiger partial charge in [0.1, 0.15) is 5.82 Å². The summed E-state index contributed by atoms with van der Waals surface area (Å²) in [4.78, 5) is 12.2. The summed E-state index contributed by atoms with van der Waals surface area (Å²) in [6.07, 6.45) is 0. The van der Waals surface area contributed by atoms with Gasteiger partial charge in [-0.1, -0.05) is 29.3 Å². The first-order valence-corrected chi connectivity index (χ1v) is 7.16. The Hall–Kier alpha value is -1.10. The van der Waals surface area contributed by atoms with Crippen molar-refractivity contribution >= 4 is 50.7 Å². The fourth-order valence-corrected chi connectivity index (χ4v) is 2.71. The Kier molecular flexibility index (Phi) is 4.68. The lowest BCUT2D eigenvalue weighted by Crippen LogP contribution is -2.14. The van der Waals surface area contributed by atoms with Gasteiger partial charge in [0.15, 0.2) is 0 Å². The van der Waals surface area contributed by atoms with Crippen LogP contribution in [0.5, 0.6) is 0 Å². The molecule has 0 unspecified atom stereocenters. The Morgan fingerprint density at radius 2 is 1.85 bits per heavy atom. The highest BCUT2D eigenvalue weighted by Gasteiger charge is 2.16. The zero-order valence-corrected chi connectivity index (χ0v) is 13.4. The monoisotopic (exact) mass is 375 g/mol. The zero-order chi connectivity index (χ0) is 14.9. The molecule has 0 atom stereocenters. The maximum Gasteiger partial charge on any atom is 0.258 e. The van der Waals surface area contributed by atoms with Gasteiger partial charge in [0.2, 0.25) is 0 Å². The summed E-state index contributed by atoms with van der Waals surface area (Å²) >= 11 is 15.0. The molecule has 0 radical (unpaired) electrons. The molecule has 104 valence electrons. The van der Waals surface area contributed by atoms with Gasteiger partial charge in [0.25, 0.3) is 5.91 Å². The zero-order valence-electron chi connectivity index (χ0n) is 10.3. The molecule has 0 aliphatic carbocycles. The van der Waals surface area contributed by atoms with E-state index in [2.05, 4.69) is 21.2 Å². The minimum absolute atomic E-state index is 0.165. The van der Waals surface area contributed by atoms with Crippen molar-refractivity contribution in [1.29, 1.82) is 0 Å². The molecule has 2 aromatic rings. The molecule has 1 N–H and O–H groups in total. The number of rotatable bonds is 2. The van der Waals surface area contributed by atoms with E-state index >= 15 is 0 Å². The number of hydrogen-bond donors (Lipinski definition) is 1. The van der Waals surface area contributed by atoms with E-state index in [0.717, 1.165) is 5.56 Å². The first-order chi connectivity index (χ1) is 9.40. The summed E-state index contributed by atoms with van der Waals surface area (Å²) in [5, 5.41) is 3.09. The van der Waals surface area contributed by atoms with Crippen molar-refractivity contribution < 1.29 is 9.18 Å². The van der Waals surface area contributed by atoms with Crippen LogP contribution in [0.2, 0.25) is 10.0 Å². The van der Waals surface area contributed by atoms with Gasteiger partial charge >= 0.3 is 0 Å². The molecule has 0 aromatic heterocycles. The summed E-state index contributed by atoms with van der Waals surface area (Å²) in [6, 6.07) is 7.60. The predicted octanol–water partition coefficient (Wildman–Crippen LogP) is 5.46. The van der Waals surface area contributed by atoms with E-state index in [1.54, 1.807) is 31.2 Å². The van der Waals surface area contributed by atoms with Crippen molar-refractivity contribution in [3.05, 3.63) is 61.8 Å². The highest BCUT2D eigenvalue weighted by Crippen LogP contribution is 2.28. The first-order valence-electron chi connectivity index (χ1n) is 5.61. The van der Waals surface area contributed by atoms with E-state index in [-0.39, 0.29) is 15.6 Å². The third-order valence-electron chi connectivity index (χ3n) is 2.71. The van der Waals surface area contributed by atoms with Crippen molar-refractivity contribution in [2.45, 2.75) is 6.92 Å². The minimum Gasteiger partial charge on any atom is -0.322 e. The van der Waals surface area contributed by atoms with Crippen molar-refractivity contribution in [2.75, 3.05) is 5.32 Å². The van der Waals surface area contributed by atoms with E-state index in [9.17, 15) is 9.18 Å². The quantitative estimate of drug-likeness (QED) is 0.741. The van der Waals surface area contributed by atoms with Crippen molar-refractivity contribution in [2.24, 2.45) is 0 Å². The lowest BCUT2D eigenvalue weighted by atomic mass is 10.1. The summed E-state index contributed by atoms with van der Waals surface area (Å²) < 4.78 is 13.9. The average molecular weight is 377 g/mol. The van der Waals surface area contributed by atoms with E-state index in [4.69, 9.17) is 23.2 Å². The average Bonchev–Trinajstić information content (AvgIpc) is 2.35. The van der Waals surface area contributed by atoms with Gasteiger partial charge in [0.05, 0.1) is 20.1 Å². The molecular formula is C14H9BrCl2FNO. The molecular weight excluding hydrogens is 368 g/mol. The molecule has 2 nitrogen and oxygen atoms in total. The Bertz CT molecular complexity index is 671. The van der Waals surface area contributed by atoms with Crippen molar-refractivity contribution in [3.63, 3.8) is 0 Å². The normalized spacial score (nSPS) is 10.4. The molecule has 2 aromatic carbocycles. The number of halogens is 4. The standard InChI is InChI=1S/C14H9BrCl2FNO/c1-7-5-8(15)11(18)6-12(7)19-14(20)13-9(16)3-2-4-10(13)17/h2-6H,1H3,(H,19,20). The number of anilines is 1. The van der Waals surface area contributed by atoms with Crippen LogP contribution in [0.4, 0.5) is 10.1 Å². The Balaban J connectivity index is 2.35. The maximum absolute atomic E-state index is 13.5. The van der Waals surface area contributed by atoms with E-state index < -0.39 is 11.7 Å². The Morgan fingerprint density at radius 1 is 1.25 bits per heavy atom. The number of benzene rings is 2. The topological polar surface area (TPSA) is 29.1 Å². The first kappa shape index (κ1) is 15.3. The maximum atomic E-state index is 13.5. The van der Waals surface area contributed by atoms with Gasteiger partial charge in [-0.2, -0.15) is 0 Å². The van der Waals surface area contributed by atoms with Crippen LogP contribution in [0.25, 0.3) is 0 Å². The fraction of sp³-hybridized carbons (Fsp3) is 0.0714. The van der Waals surface area contributed by atoms with Crippen LogP contribution in [-0.2, 0) is 0 Å². The molecule has 0 fully saturated rings. The number of carbonyl (C=O) groups excluding carboxylic acids is 1. The summed E-state index contributed by atoms with van der Waals surface area (Å²) in [5.41, 5.74) is 1.25. The van der Waals surface area contributed by atoms with Crippen LogP contribution in [-0.4, -0.2) is 5.91 Å². The second-order valence-electron chi connectivity index (χ2n) is 4.13. The smallest absolute Gasteiger partial charge is 0.258 e. The van der Waals surface area contributed by atoms with E-state index in [1.165, 1.54) is 6.07 Å². The number of carbonyl (C=O) groups is 1. The number of nitrogens with one attached hydrogen (secondary N) is 1. The lowest BCUT2D eigenvalue weighted by molar-refractivity contribution is 0.102. The van der Waals surface area contributed by atoms with E-state index in [1.807, 2.05) is 0 Å². The molecule has 0 saturated heterocycles. The molecule has 0 aliphatic rings. The molecule has 0 aliphatic heterocycles. The lowest BCUT2D eigenvalue weighted by Gasteiger charge is -2.11. The Morgan fingerprint density at radius 3 is 2.45 bits per heavy atom. The van der Waals surface area contributed by atoms with Gasteiger partial charge in [-0.05, 0) is 52.7 Å². The second kappa shape index (κ2) is 6.12. The number of aryl methyl sites for hydroxylation is 1. The fourth-order valence-electron chi connectivity index (χ4n) is 1.68. The molecule has 1 amide bonds. The van der Waals surface area contributed by atoms with Gasteiger partial charge < -0.3 is 5.32 Å². The van der Waals surface area contributed by atoms with Crippen LogP contribution >= 0.6 is 39.1 Å². The second-order valence-corrected chi connectivity index (χ2v) is 5.80.